The second kappa shape index (κ2) is 7.11. The monoisotopic (exact) mass is 359 g/mol. The second-order valence-electron chi connectivity index (χ2n) is 5.94. The fraction of sp³-hybridized carbons (Fsp3) is 0.600. The van der Waals surface area contributed by atoms with Gasteiger partial charge in [-0.25, -0.2) is 9.78 Å². The van der Waals surface area contributed by atoms with Gasteiger partial charge in [0.1, 0.15) is 11.6 Å². The molecule has 3 rings (SSSR count). The highest BCUT2D eigenvalue weighted by atomic mass is 35.5. The maximum atomic E-state index is 12.3. The Labute approximate surface area is 144 Å². The summed E-state index contributed by atoms with van der Waals surface area (Å²) < 4.78 is 5.44. The third kappa shape index (κ3) is 3.82. The first kappa shape index (κ1) is 16.6. The molecule has 0 aliphatic carbocycles. The summed E-state index contributed by atoms with van der Waals surface area (Å²) in [5.74, 6) is 0.298. The molecule has 0 spiro atoms. The Morgan fingerprint density at radius 2 is 2.09 bits per heavy atom. The van der Waals surface area contributed by atoms with Crippen LogP contribution in [0.2, 0.25) is 10.0 Å². The number of aliphatic hydroxyl groups excluding tert-OH is 1. The lowest BCUT2D eigenvalue weighted by Gasteiger charge is -2.37. The number of hydrogen-bond acceptors (Lipinski definition) is 4. The average molecular weight is 360 g/mol. The number of hydrogen-bond donors (Lipinski definition) is 2. The predicted molar refractivity (Wildman–Crippen MR) is 87.0 cm³/mol. The molecule has 0 aromatic carbocycles. The number of ether oxygens (including phenoxy) is 1. The molecular weight excluding hydrogens is 341 g/mol. The van der Waals surface area contributed by atoms with E-state index in [0.717, 1.165) is 12.8 Å². The van der Waals surface area contributed by atoms with Gasteiger partial charge in [-0.15, -0.1) is 0 Å². The summed E-state index contributed by atoms with van der Waals surface area (Å²) in [4.78, 5) is 18.2. The van der Waals surface area contributed by atoms with Crippen LogP contribution in [0.15, 0.2) is 12.3 Å². The molecule has 0 radical (unpaired) electrons. The zero-order chi connectivity index (χ0) is 16.4. The Morgan fingerprint density at radius 3 is 2.74 bits per heavy atom. The van der Waals surface area contributed by atoms with E-state index in [4.69, 9.17) is 27.9 Å². The molecular formula is C15H19Cl2N3O3. The van der Waals surface area contributed by atoms with Crippen LogP contribution >= 0.6 is 23.2 Å². The van der Waals surface area contributed by atoms with Crippen molar-refractivity contribution >= 4 is 29.2 Å². The Hall–Kier alpha value is -1.24. The van der Waals surface area contributed by atoms with E-state index >= 15 is 0 Å². The zero-order valence-electron chi connectivity index (χ0n) is 12.5. The van der Waals surface area contributed by atoms with E-state index < -0.39 is 0 Å². The lowest BCUT2D eigenvalue weighted by atomic mass is 10.0. The summed E-state index contributed by atoms with van der Waals surface area (Å²) in [6, 6.07) is 1.76. The van der Waals surface area contributed by atoms with Gasteiger partial charge in [-0.05, 0) is 31.7 Å². The van der Waals surface area contributed by atoms with E-state index in [1.165, 1.54) is 6.20 Å². The lowest BCUT2D eigenvalue weighted by molar-refractivity contribution is 0.0540. The van der Waals surface area contributed by atoms with Gasteiger partial charge in [0, 0.05) is 18.3 Å². The number of halogens is 2. The van der Waals surface area contributed by atoms with Crippen LogP contribution in [0.25, 0.3) is 0 Å². The number of nitrogens with zero attached hydrogens (tertiary/aromatic N) is 2. The summed E-state index contributed by atoms with van der Waals surface area (Å²) in [6.45, 7) is 0.629. The van der Waals surface area contributed by atoms with Crippen molar-refractivity contribution in [3.63, 3.8) is 0 Å². The van der Waals surface area contributed by atoms with Crippen molar-refractivity contribution in [3.8, 4) is 5.88 Å². The molecule has 2 atom stereocenters. The molecule has 2 saturated heterocycles. The van der Waals surface area contributed by atoms with Gasteiger partial charge < -0.3 is 20.1 Å². The summed E-state index contributed by atoms with van der Waals surface area (Å²) in [6.07, 6.45) is 4.46. The Bertz CT molecular complexity index is 573. The third-order valence-corrected chi connectivity index (χ3v) is 4.81. The zero-order valence-corrected chi connectivity index (χ0v) is 14.1. The fourth-order valence-electron chi connectivity index (χ4n) is 3.39. The van der Waals surface area contributed by atoms with Crippen molar-refractivity contribution in [3.05, 3.63) is 22.3 Å². The average Bonchev–Trinajstić information content (AvgIpc) is 2.77. The minimum absolute atomic E-state index is 0.0943. The maximum Gasteiger partial charge on any atom is 0.318 e. The van der Waals surface area contributed by atoms with E-state index in [9.17, 15) is 9.90 Å². The van der Waals surface area contributed by atoms with Crippen LogP contribution in [-0.2, 0) is 0 Å². The van der Waals surface area contributed by atoms with E-state index in [1.807, 2.05) is 4.90 Å². The molecule has 126 valence electrons. The highest BCUT2D eigenvalue weighted by Crippen LogP contribution is 2.35. The number of fused-ring (bicyclic) bond motifs is 2. The number of pyridine rings is 1. The number of carbonyl (C=O) groups is 1. The number of piperidine rings is 1. The van der Waals surface area contributed by atoms with Gasteiger partial charge in [-0.2, -0.15) is 0 Å². The molecule has 0 saturated carbocycles. The number of aliphatic hydroxyl groups is 1. The summed E-state index contributed by atoms with van der Waals surface area (Å²) in [5, 5.41) is 13.4. The van der Waals surface area contributed by atoms with E-state index in [1.54, 1.807) is 6.07 Å². The van der Waals surface area contributed by atoms with E-state index in [0.29, 0.717) is 35.3 Å². The first-order chi connectivity index (χ1) is 11.0. The predicted octanol–water partition coefficient (Wildman–Crippen LogP) is 2.46. The molecule has 23 heavy (non-hydrogen) atoms. The SMILES string of the molecule is O=C(NCCOc1ncc(Cl)cc1Cl)N1[C@H]2CC[C@H]1CC(O)C2. The highest BCUT2D eigenvalue weighted by molar-refractivity contribution is 6.35. The minimum Gasteiger partial charge on any atom is -0.475 e. The number of aromatic nitrogens is 1. The van der Waals surface area contributed by atoms with E-state index in [2.05, 4.69) is 10.3 Å². The highest BCUT2D eigenvalue weighted by Gasteiger charge is 2.42. The Balaban J connectivity index is 1.45. The van der Waals surface area contributed by atoms with Gasteiger partial charge in [0.15, 0.2) is 0 Å². The van der Waals surface area contributed by atoms with Crippen LogP contribution in [0.5, 0.6) is 5.88 Å². The molecule has 3 heterocycles. The van der Waals surface area contributed by atoms with Crippen LogP contribution in [-0.4, -0.2) is 52.4 Å². The maximum absolute atomic E-state index is 12.3. The fourth-order valence-corrected chi connectivity index (χ4v) is 3.82. The first-order valence-electron chi connectivity index (χ1n) is 7.72. The first-order valence-corrected chi connectivity index (χ1v) is 8.48. The van der Waals surface area contributed by atoms with Gasteiger partial charge in [0.25, 0.3) is 0 Å². The minimum atomic E-state index is -0.280. The molecule has 2 N–H and O–H groups in total. The quantitative estimate of drug-likeness (QED) is 0.809. The molecule has 0 unspecified atom stereocenters. The summed E-state index contributed by atoms with van der Waals surface area (Å²) in [7, 11) is 0. The largest absolute Gasteiger partial charge is 0.475 e. The lowest BCUT2D eigenvalue weighted by Crippen LogP contribution is -2.52. The molecule has 6 nitrogen and oxygen atoms in total. The van der Waals surface area contributed by atoms with Crippen LogP contribution in [0.4, 0.5) is 4.79 Å². The standard InChI is InChI=1S/C15H19Cl2N3O3/c16-9-5-13(17)14(19-8-9)23-4-3-18-15(22)20-10-1-2-11(20)7-12(21)6-10/h5,8,10-12,21H,1-4,6-7H2,(H,18,22)/t10-,11-/m0/s1. The second-order valence-corrected chi connectivity index (χ2v) is 6.78. The van der Waals surface area contributed by atoms with Crippen LogP contribution in [0, 0.1) is 0 Å². The molecule has 2 amide bonds. The number of amides is 2. The van der Waals surface area contributed by atoms with Crippen molar-refractivity contribution in [2.45, 2.75) is 43.9 Å². The smallest absolute Gasteiger partial charge is 0.318 e. The Kier molecular flexibility index (Phi) is 5.14. The molecule has 2 aliphatic heterocycles. The van der Waals surface area contributed by atoms with Crippen molar-refractivity contribution in [2.75, 3.05) is 13.2 Å². The Morgan fingerprint density at radius 1 is 1.39 bits per heavy atom. The molecule has 8 heteroatoms. The molecule has 2 bridgehead atoms. The third-order valence-electron chi connectivity index (χ3n) is 4.33. The number of rotatable bonds is 4. The van der Waals surface area contributed by atoms with Crippen molar-refractivity contribution in [1.82, 2.24) is 15.2 Å². The van der Waals surface area contributed by atoms with Crippen molar-refractivity contribution in [1.29, 1.82) is 0 Å². The molecule has 2 aliphatic rings. The van der Waals surface area contributed by atoms with Gasteiger partial charge in [0.2, 0.25) is 5.88 Å². The molecule has 1 aromatic rings. The summed E-state index contributed by atoms with van der Waals surface area (Å²) in [5.41, 5.74) is 0. The van der Waals surface area contributed by atoms with Gasteiger partial charge in [-0.3, -0.25) is 0 Å². The normalized spacial score (nSPS) is 26.2. The molecule has 1 aromatic heterocycles. The van der Waals surface area contributed by atoms with Gasteiger partial charge in [-0.1, -0.05) is 23.2 Å². The van der Waals surface area contributed by atoms with Crippen molar-refractivity contribution in [2.24, 2.45) is 0 Å². The van der Waals surface area contributed by atoms with Gasteiger partial charge >= 0.3 is 6.03 Å². The van der Waals surface area contributed by atoms with Crippen LogP contribution in [0.3, 0.4) is 0 Å². The molecule has 2 fully saturated rings. The van der Waals surface area contributed by atoms with Crippen LogP contribution < -0.4 is 10.1 Å². The van der Waals surface area contributed by atoms with E-state index in [-0.39, 0.29) is 30.8 Å². The van der Waals surface area contributed by atoms with Gasteiger partial charge in [0.05, 0.1) is 17.7 Å². The topological polar surface area (TPSA) is 74.7 Å². The number of urea groups is 1. The summed E-state index contributed by atoms with van der Waals surface area (Å²) >= 11 is 11.7. The number of nitrogens with one attached hydrogen (secondary N) is 1. The number of carbonyl (C=O) groups excluding carboxylic acids is 1. The van der Waals surface area contributed by atoms with Crippen molar-refractivity contribution < 1.29 is 14.6 Å². The van der Waals surface area contributed by atoms with Crippen LogP contribution in [0.1, 0.15) is 25.7 Å².